The lowest BCUT2D eigenvalue weighted by atomic mass is 9.71. The number of carbonyl (C=O) groups excluding carboxylic acids is 2. The van der Waals surface area contributed by atoms with Gasteiger partial charge in [0, 0.05) is 11.0 Å². The SMILES string of the molecule is Cc1ccc(S(=O)(=O)N2C(=O)C3(C)CC4(C=CC(=O)C=C4)C(c4ccccc4)=C3c3ccccc32)cc1. The molecule has 1 spiro atoms. The number of para-hydroxylation sites is 1. The van der Waals surface area contributed by atoms with Crippen LogP contribution in [0, 0.1) is 17.8 Å². The number of anilines is 1. The Morgan fingerprint density at radius 2 is 1.41 bits per heavy atom. The summed E-state index contributed by atoms with van der Waals surface area (Å²) in [5.74, 6) is -0.607. The monoisotopic (exact) mass is 507 g/mol. The molecule has 2 aliphatic carbocycles. The third kappa shape index (κ3) is 3.32. The van der Waals surface area contributed by atoms with E-state index in [2.05, 4.69) is 0 Å². The summed E-state index contributed by atoms with van der Waals surface area (Å²) < 4.78 is 28.9. The van der Waals surface area contributed by atoms with Gasteiger partial charge in [-0.25, -0.2) is 12.7 Å². The van der Waals surface area contributed by atoms with E-state index < -0.39 is 26.8 Å². The number of benzene rings is 3. The van der Waals surface area contributed by atoms with Gasteiger partial charge >= 0.3 is 0 Å². The molecule has 0 radical (unpaired) electrons. The Kier molecular flexibility index (Phi) is 5.04. The molecule has 0 aromatic heterocycles. The summed E-state index contributed by atoms with van der Waals surface area (Å²) >= 11 is 0. The molecule has 0 bridgehead atoms. The molecule has 3 aromatic rings. The van der Waals surface area contributed by atoms with Gasteiger partial charge < -0.3 is 0 Å². The number of hydrogen-bond donors (Lipinski definition) is 0. The molecule has 1 atom stereocenters. The van der Waals surface area contributed by atoms with E-state index in [9.17, 15) is 18.0 Å². The molecule has 1 amide bonds. The fourth-order valence-corrected chi connectivity index (χ4v) is 7.54. The molecule has 0 N–H and O–H groups in total. The number of ketones is 1. The molecule has 37 heavy (non-hydrogen) atoms. The van der Waals surface area contributed by atoms with E-state index in [1.807, 2.05) is 68.5 Å². The zero-order valence-corrected chi connectivity index (χ0v) is 21.3. The number of rotatable bonds is 3. The minimum absolute atomic E-state index is 0.0660. The second kappa shape index (κ2) is 7.98. The summed E-state index contributed by atoms with van der Waals surface area (Å²) in [7, 11) is -4.18. The van der Waals surface area contributed by atoms with E-state index in [1.54, 1.807) is 36.4 Å². The van der Waals surface area contributed by atoms with Crippen LogP contribution in [0.3, 0.4) is 0 Å². The Balaban J connectivity index is 1.66. The van der Waals surface area contributed by atoms with Crippen LogP contribution in [0.5, 0.6) is 0 Å². The fraction of sp³-hybridized carbons (Fsp3) is 0.161. The normalized spacial score (nSPS) is 21.9. The van der Waals surface area contributed by atoms with Crippen molar-refractivity contribution in [3.63, 3.8) is 0 Å². The van der Waals surface area contributed by atoms with Crippen molar-refractivity contribution in [2.24, 2.45) is 10.8 Å². The molecule has 6 heteroatoms. The van der Waals surface area contributed by atoms with Crippen LogP contribution in [0.1, 0.15) is 30.0 Å². The van der Waals surface area contributed by atoms with Crippen molar-refractivity contribution in [1.29, 1.82) is 0 Å². The van der Waals surface area contributed by atoms with Crippen LogP contribution < -0.4 is 4.31 Å². The first-order valence-corrected chi connectivity index (χ1v) is 13.6. The number of carbonyl (C=O) groups is 2. The smallest absolute Gasteiger partial charge is 0.270 e. The van der Waals surface area contributed by atoms with Crippen LogP contribution in [0.25, 0.3) is 11.1 Å². The molecule has 5 nitrogen and oxygen atoms in total. The molecule has 1 heterocycles. The number of amides is 1. The molecule has 3 aromatic carbocycles. The maximum Gasteiger partial charge on any atom is 0.270 e. The molecule has 6 rings (SSSR count). The molecule has 184 valence electrons. The number of sulfonamides is 1. The van der Waals surface area contributed by atoms with Crippen molar-refractivity contribution in [3.05, 3.63) is 120 Å². The topological polar surface area (TPSA) is 71.5 Å². The fourth-order valence-electron chi connectivity index (χ4n) is 6.01. The minimum Gasteiger partial charge on any atom is -0.290 e. The van der Waals surface area contributed by atoms with Crippen molar-refractivity contribution in [3.8, 4) is 0 Å². The number of allylic oxidation sites excluding steroid dienone is 5. The van der Waals surface area contributed by atoms with Crippen molar-refractivity contribution in [2.75, 3.05) is 4.31 Å². The Morgan fingerprint density at radius 1 is 0.784 bits per heavy atom. The summed E-state index contributed by atoms with van der Waals surface area (Å²) in [4.78, 5) is 26.6. The van der Waals surface area contributed by atoms with E-state index in [-0.39, 0.29) is 10.7 Å². The van der Waals surface area contributed by atoms with Crippen molar-refractivity contribution in [1.82, 2.24) is 0 Å². The van der Waals surface area contributed by atoms with Gasteiger partial charge in [-0.2, -0.15) is 0 Å². The van der Waals surface area contributed by atoms with Gasteiger partial charge in [0.15, 0.2) is 5.78 Å². The van der Waals surface area contributed by atoms with Crippen LogP contribution in [0.4, 0.5) is 5.69 Å². The predicted octanol–water partition coefficient (Wildman–Crippen LogP) is 5.73. The highest BCUT2D eigenvalue weighted by Crippen LogP contribution is 2.65. The summed E-state index contributed by atoms with van der Waals surface area (Å²) in [6.07, 6.45) is 7.13. The zero-order valence-electron chi connectivity index (χ0n) is 20.5. The Morgan fingerprint density at radius 3 is 2.08 bits per heavy atom. The average Bonchev–Trinajstić information content (AvgIpc) is 3.16. The van der Waals surface area contributed by atoms with E-state index >= 15 is 0 Å². The van der Waals surface area contributed by atoms with Crippen LogP contribution >= 0.6 is 0 Å². The van der Waals surface area contributed by atoms with Gasteiger partial charge in [-0.1, -0.05) is 78.4 Å². The second-order valence-electron chi connectivity index (χ2n) is 10.1. The van der Waals surface area contributed by atoms with Crippen LogP contribution in [0.15, 0.2) is 108 Å². The van der Waals surface area contributed by atoms with E-state index in [0.717, 1.165) is 26.6 Å². The van der Waals surface area contributed by atoms with Crippen molar-refractivity contribution >= 4 is 38.5 Å². The highest BCUT2D eigenvalue weighted by molar-refractivity contribution is 7.93. The molecule has 0 saturated heterocycles. The first kappa shape index (κ1) is 23.4. The summed E-state index contributed by atoms with van der Waals surface area (Å²) in [5, 5.41) is 0. The molecular formula is C31H25NO4S. The maximum atomic E-state index is 14.4. The predicted molar refractivity (Wildman–Crippen MR) is 144 cm³/mol. The van der Waals surface area contributed by atoms with Crippen LogP contribution in [-0.4, -0.2) is 20.1 Å². The molecule has 1 unspecified atom stereocenters. The standard InChI is InChI=1S/C31H25NO4S/c1-21-12-14-24(15-13-21)37(35,36)32-26-11-7-6-10-25(26)28-27(22-8-4-3-5-9-22)31(18-16-23(33)17-19-31)20-30(28,2)29(32)34/h3-19H,20H2,1-2H3. The van der Waals surface area contributed by atoms with E-state index in [0.29, 0.717) is 17.7 Å². The molecule has 1 aliphatic heterocycles. The lowest BCUT2D eigenvalue weighted by molar-refractivity contribution is -0.124. The minimum atomic E-state index is -4.18. The van der Waals surface area contributed by atoms with Gasteiger partial charge in [-0.3, -0.25) is 9.59 Å². The van der Waals surface area contributed by atoms with Crippen LogP contribution in [0.2, 0.25) is 0 Å². The van der Waals surface area contributed by atoms with Crippen molar-refractivity contribution < 1.29 is 18.0 Å². The van der Waals surface area contributed by atoms with Gasteiger partial charge in [0.2, 0.25) is 0 Å². The number of hydrogen-bond acceptors (Lipinski definition) is 4. The zero-order chi connectivity index (χ0) is 26.0. The first-order valence-electron chi connectivity index (χ1n) is 12.2. The molecule has 0 saturated carbocycles. The third-order valence-electron chi connectivity index (χ3n) is 7.67. The average molecular weight is 508 g/mol. The van der Waals surface area contributed by atoms with Gasteiger partial charge in [-0.15, -0.1) is 0 Å². The number of aryl methyl sites for hydroxylation is 1. The highest BCUT2D eigenvalue weighted by atomic mass is 32.2. The van der Waals surface area contributed by atoms with E-state index in [1.165, 1.54) is 12.1 Å². The summed E-state index contributed by atoms with van der Waals surface area (Å²) in [5.41, 5.74) is 2.75. The quantitative estimate of drug-likeness (QED) is 0.454. The molecular weight excluding hydrogens is 482 g/mol. The third-order valence-corrected chi connectivity index (χ3v) is 9.38. The summed E-state index contributed by atoms with van der Waals surface area (Å²) in [6, 6.07) is 23.5. The number of fused-ring (bicyclic) bond motifs is 3. The lowest BCUT2D eigenvalue weighted by Crippen LogP contribution is -2.49. The molecule has 0 fully saturated rings. The van der Waals surface area contributed by atoms with Gasteiger partial charge in [0.25, 0.3) is 15.9 Å². The largest absolute Gasteiger partial charge is 0.290 e. The van der Waals surface area contributed by atoms with Crippen molar-refractivity contribution in [2.45, 2.75) is 25.2 Å². The lowest BCUT2D eigenvalue weighted by Gasteiger charge is -2.40. The maximum absolute atomic E-state index is 14.4. The highest BCUT2D eigenvalue weighted by Gasteiger charge is 2.60. The summed E-state index contributed by atoms with van der Waals surface area (Å²) in [6.45, 7) is 3.71. The Hall–Kier alpha value is -4.03. The van der Waals surface area contributed by atoms with E-state index in [4.69, 9.17) is 0 Å². The Labute approximate surface area is 216 Å². The van der Waals surface area contributed by atoms with Gasteiger partial charge in [0.1, 0.15) is 0 Å². The van der Waals surface area contributed by atoms with Crippen LogP contribution in [-0.2, 0) is 19.6 Å². The van der Waals surface area contributed by atoms with Gasteiger partial charge in [-0.05, 0) is 67.3 Å². The number of nitrogens with zero attached hydrogens (tertiary/aromatic N) is 1. The second-order valence-corrected chi connectivity index (χ2v) is 11.9. The molecule has 3 aliphatic rings. The first-order chi connectivity index (χ1) is 17.7. The Bertz CT molecular complexity index is 1650. The van der Waals surface area contributed by atoms with Gasteiger partial charge in [0.05, 0.1) is 16.0 Å².